The van der Waals surface area contributed by atoms with Gasteiger partial charge >= 0.3 is 0 Å². The number of hydrogen-bond acceptors (Lipinski definition) is 3. The summed E-state index contributed by atoms with van der Waals surface area (Å²) in [6, 6.07) is 4.10. The topological polar surface area (TPSA) is 45.2 Å². The third kappa shape index (κ3) is 3.64. The normalized spacial score (nSPS) is 22.0. The summed E-state index contributed by atoms with van der Waals surface area (Å²) in [7, 11) is 0. The molecule has 1 aliphatic heterocycles. The van der Waals surface area contributed by atoms with Gasteiger partial charge in [-0.1, -0.05) is 32.8 Å². The average Bonchev–Trinajstić information content (AvgIpc) is 3.26. The number of carbonyl (C=O) groups excluding carboxylic acids is 1. The lowest BCUT2D eigenvalue weighted by molar-refractivity contribution is -0.133. The Balaban J connectivity index is 1.78. The van der Waals surface area contributed by atoms with Crippen LogP contribution in [0.25, 0.3) is 0 Å². The van der Waals surface area contributed by atoms with Gasteiger partial charge in [-0.15, -0.1) is 0 Å². The number of aromatic nitrogens is 1. The Kier molecular flexibility index (Phi) is 5.54. The van der Waals surface area contributed by atoms with Crippen LogP contribution in [0, 0.1) is 5.92 Å². The van der Waals surface area contributed by atoms with Crippen molar-refractivity contribution in [2.75, 3.05) is 13.1 Å². The lowest BCUT2D eigenvalue weighted by atomic mass is 9.91. The van der Waals surface area contributed by atoms with Crippen molar-refractivity contribution in [2.45, 2.75) is 70.4 Å². The zero-order chi connectivity index (χ0) is 17.0. The molecule has 0 aromatic carbocycles. The molecule has 1 aromatic rings. The largest absolute Gasteiger partial charge is 0.348 e. The first-order valence-electron chi connectivity index (χ1n) is 9.58. The molecule has 1 atom stereocenters. The summed E-state index contributed by atoms with van der Waals surface area (Å²) in [5, 5.41) is 3.40. The Labute approximate surface area is 146 Å². The van der Waals surface area contributed by atoms with Crippen LogP contribution in [0.1, 0.15) is 70.4 Å². The van der Waals surface area contributed by atoms with Crippen molar-refractivity contribution >= 4 is 5.91 Å². The minimum Gasteiger partial charge on any atom is -0.348 e. The number of nitrogens with zero attached hydrogens (tertiary/aromatic N) is 2. The Bertz CT molecular complexity index is 531. The number of likely N-dealkylation sites (tertiary alicyclic amines) is 1. The lowest BCUT2D eigenvalue weighted by Gasteiger charge is -2.38. The monoisotopic (exact) mass is 329 g/mol. The summed E-state index contributed by atoms with van der Waals surface area (Å²) < 4.78 is 0. The van der Waals surface area contributed by atoms with E-state index in [1.165, 1.54) is 25.7 Å². The Morgan fingerprint density at radius 1 is 1.25 bits per heavy atom. The van der Waals surface area contributed by atoms with Gasteiger partial charge in [0.05, 0.1) is 6.04 Å². The van der Waals surface area contributed by atoms with E-state index in [1.54, 1.807) is 6.20 Å². The smallest absolute Gasteiger partial charge is 0.241 e. The average molecular weight is 329 g/mol. The van der Waals surface area contributed by atoms with Gasteiger partial charge in [0.15, 0.2) is 0 Å². The first-order valence-corrected chi connectivity index (χ1v) is 9.58. The van der Waals surface area contributed by atoms with E-state index in [1.807, 2.05) is 12.3 Å². The molecule has 4 heteroatoms. The quantitative estimate of drug-likeness (QED) is 0.865. The number of nitrogens with one attached hydrogen (secondary N) is 1. The van der Waals surface area contributed by atoms with Crippen LogP contribution < -0.4 is 5.32 Å². The lowest BCUT2D eigenvalue weighted by Crippen LogP contribution is -2.56. The second-order valence-corrected chi connectivity index (χ2v) is 7.87. The van der Waals surface area contributed by atoms with Crippen LogP contribution in [-0.4, -0.2) is 34.4 Å². The van der Waals surface area contributed by atoms with Crippen LogP contribution in [-0.2, 0) is 4.79 Å². The number of hydrogen-bond donors (Lipinski definition) is 1. The second-order valence-electron chi connectivity index (χ2n) is 7.87. The third-order valence-electron chi connectivity index (χ3n) is 5.66. The van der Waals surface area contributed by atoms with Crippen LogP contribution in [0.5, 0.6) is 0 Å². The van der Waals surface area contributed by atoms with E-state index >= 15 is 0 Å². The van der Waals surface area contributed by atoms with Gasteiger partial charge in [0.1, 0.15) is 5.54 Å². The molecule has 2 fully saturated rings. The van der Waals surface area contributed by atoms with Gasteiger partial charge in [-0.3, -0.25) is 14.7 Å². The van der Waals surface area contributed by atoms with Crippen molar-refractivity contribution in [2.24, 2.45) is 5.92 Å². The van der Waals surface area contributed by atoms with Gasteiger partial charge in [0.25, 0.3) is 0 Å². The maximum Gasteiger partial charge on any atom is 0.241 e. The van der Waals surface area contributed by atoms with Gasteiger partial charge in [-0.2, -0.15) is 0 Å². The van der Waals surface area contributed by atoms with Crippen molar-refractivity contribution in [3.63, 3.8) is 0 Å². The zero-order valence-corrected chi connectivity index (χ0v) is 15.1. The van der Waals surface area contributed by atoms with Crippen LogP contribution in [0.2, 0.25) is 0 Å². The molecule has 0 radical (unpaired) electrons. The summed E-state index contributed by atoms with van der Waals surface area (Å²) >= 11 is 0. The van der Waals surface area contributed by atoms with Crippen molar-refractivity contribution in [3.05, 3.63) is 30.1 Å². The Morgan fingerprint density at radius 2 is 1.96 bits per heavy atom. The van der Waals surface area contributed by atoms with Crippen LogP contribution in [0.4, 0.5) is 0 Å². The highest BCUT2D eigenvalue weighted by Gasteiger charge is 2.47. The van der Waals surface area contributed by atoms with Gasteiger partial charge in [-0.25, -0.2) is 0 Å². The van der Waals surface area contributed by atoms with E-state index in [0.717, 1.165) is 37.9 Å². The standard InChI is InChI=1S/C20H31N3O/c1-16(2)14-18(17-8-7-11-21-15-17)22-19(24)20(9-3-4-10-20)23-12-5-6-13-23/h7-8,11,15-16,18H,3-6,9-10,12-14H2,1-2H3,(H,22,24). The number of pyridine rings is 1. The molecule has 1 saturated heterocycles. The Hall–Kier alpha value is -1.42. The highest BCUT2D eigenvalue weighted by atomic mass is 16.2. The fourth-order valence-electron chi connectivity index (χ4n) is 4.42. The zero-order valence-electron chi connectivity index (χ0n) is 15.1. The summed E-state index contributed by atoms with van der Waals surface area (Å²) in [6.45, 7) is 6.58. The summed E-state index contributed by atoms with van der Waals surface area (Å²) in [5.74, 6) is 0.776. The van der Waals surface area contributed by atoms with E-state index in [0.29, 0.717) is 5.92 Å². The summed E-state index contributed by atoms with van der Waals surface area (Å²) in [6.07, 6.45) is 11.5. The third-order valence-corrected chi connectivity index (χ3v) is 5.66. The predicted octanol–water partition coefficient (Wildman–Crippen LogP) is 3.69. The summed E-state index contributed by atoms with van der Waals surface area (Å²) in [5.41, 5.74) is 0.864. The van der Waals surface area contributed by atoms with Crippen LogP contribution in [0.3, 0.4) is 0 Å². The highest BCUT2D eigenvalue weighted by Crippen LogP contribution is 2.38. The van der Waals surface area contributed by atoms with Crippen molar-refractivity contribution in [3.8, 4) is 0 Å². The van der Waals surface area contributed by atoms with Crippen molar-refractivity contribution < 1.29 is 4.79 Å². The molecule has 2 aliphatic rings. The molecule has 4 nitrogen and oxygen atoms in total. The van der Waals surface area contributed by atoms with E-state index in [-0.39, 0.29) is 17.5 Å². The van der Waals surface area contributed by atoms with Gasteiger partial charge in [0, 0.05) is 12.4 Å². The second kappa shape index (κ2) is 7.64. The van der Waals surface area contributed by atoms with Gasteiger partial charge in [0.2, 0.25) is 5.91 Å². The molecule has 1 amide bonds. The summed E-state index contributed by atoms with van der Waals surface area (Å²) in [4.78, 5) is 20.1. The van der Waals surface area contributed by atoms with E-state index in [9.17, 15) is 4.79 Å². The molecular formula is C20H31N3O. The van der Waals surface area contributed by atoms with Gasteiger partial charge < -0.3 is 5.32 Å². The molecule has 0 bridgehead atoms. The minimum atomic E-state index is -0.256. The maximum atomic E-state index is 13.3. The van der Waals surface area contributed by atoms with E-state index in [2.05, 4.69) is 35.1 Å². The number of carbonyl (C=O) groups is 1. The fourth-order valence-corrected chi connectivity index (χ4v) is 4.42. The molecular weight excluding hydrogens is 298 g/mol. The fraction of sp³-hybridized carbons (Fsp3) is 0.700. The number of rotatable bonds is 6. The molecule has 1 aromatic heterocycles. The van der Waals surface area contributed by atoms with E-state index in [4.69, 9.17) is 0 Å². The van der Waals surface area contributed by atoms with E-state index < -0.39 is 0 Å². The van der Waals surface area contributed by atoms with Crippen LogP contribution in [0.15, 0.2) is 24.5 Å². The number of amides is 1. The molecule has 3 rings (SSSR count). The molecule has 1 saturated carbocycles. The molecule has 1 unspecified atom stereocenters. The molecule has 2 heterocycles. The minimum absolute atomic E-state index is 0.0614. The van der Waals surface area contributed by atoms with Crippen molar-refractivity contribution in [1.82, 2.24) is 15.2 Å². The first-order chi connectivity index (χ1) is 11.6. The molecule has 132 valence electrons. The SMILES string of the molecule is CC(C)CC(NC(=O)C1(N2CCCC2)CCCC1)c1cccnc1. The van der Waals surface area contributed by atoms with Gasteiger partial charge in [-0.05, 0) is 62.7 Å². The molecule has 1 N–H and O–H groups in total. The maximum absolute atomic E-state index is 13.3. The molecule has 1 aliphatic carbocycles. The molecule has 24 heavy (non-hydrogen) atoms. The van der Waals surface area contributed by atoms with Crippen LogP contribution >= 0.6 is 0 Å². The highest BCUT2D eigenvalue weighted by molar-refractivity contribution is 5.87. The van der Waals surface area contributed by atoms with Crippen molar-refractivity contribution in [1.29, 1.82) is 0 Å². The predicted molar refractivity (Wildman–Crippen MR) is 96.6 cm³/mol. The molecule has 0 spiro atoms. The first kappa shape index (κ1) is 17.4. The Morgan fingerprint density at radius 3 is 2.54 bits per heavy atom.